The lowest BCUT2D eigenvalue weighted by Crippen LogP contribution is -2.60. The van der Waals surface area contributed by atoms with Crippen molar-refractivity contribution in [2.24, 2.45) is 17.8 Å². The summed E-state index contributed by atoms with van der Waals surface area (Å²) in [7, 11) is 0. The number of nitrogens with zero attached hydrogens (tertiary/aromatic N) is 3. The van der Waals surface area contributed by atoms with Gasteiger partial charge in [0.25, 0.3) is 11.8 Å². The summed E-state index contributed by atoms with van der Waals surface area (Å²) < 4.78 is 11.5. The third-order valence-electron chi connectivity index (χ3n) is 10.3. The monoisotopic (exact) mass is 763 g/mol. The fourth-order valence-electron chi connectivity index (χ4n) is 8.11. The van der Waals surface area contributed by atoms with Crippen LogP contribution >= 0.6 is 39.1 Å². The number of imide groups is 2. The molecule has 4 aliphatic rings. The Balaban J connectivity index is 1.19. The molecule has 2 saturated heterocycles. The fraction of sp³-hybridized carbons (Fsp3) is 0.306. The van der Waals surface area contributed by atoms with Crippen LogP contribution in [0.5, 0.6) is 11.5 Å². The molecule has 6 atom stereocenters. The predicted molar refractivity (Wildman–Crippen MR) is 185 cm³/mol. The number of ether oxygens (including phenoxy) is 1. The number of fused-ring (bicyclic) bond motifs is 5. The van der Waals surface area contributed by atoms with Gasteiger partial charge in [0, 0.05) is 11.5 Å². The largest absolute Gasteiger partial charge is 0.504 e. The number of allylic oxidation sites excluding steroid dienone is 2. The minimum Gasteiger partial charge on any atom is -0.504 e. The van der Waals surface area contributed by atoms with Gasteiger partial charge in [-0.05, 0) is 79.8 Å². The van der Waals surface area contributed by atoms with E-state index in [1.807, 2.05) is 30.3 Å². The molecule has 49 heavy (non-hydrogen) atoms. The molecule has 3 fully saturated rings. The molecule has 4 amide bonds. The second-order valence-electron chi connectivity index (χ2n) is 12.7. The normalized spacial score (nSPS) is 29.3. The molecular weight excluding hydrogens is 737 g/mol. The van der Waals surface area contributed by atoms with Crippen molar-refractivity contribution in [2.75, 3.05) is 17.0 Å². The van der Waals surface area contributed by atoms with E-state index >= 15 is 0 Å². The molecule has 0 unspecified atom stereocenters. The number of amides is 4. The van der Waals surface area contributed by atoms with Crippen molar-refractivity contribution < 1.29 is 33.4 Å². The molecule has 4 aromatic rings. The molecule has 13 heteroatoms. The quantitative estimate of drug-likeness (QED) is 0.102. The van der Waals surface area contributed by atoms with E-state index in [4.69, 9.17) is 32.4 Å². The Morgan fingerprint density at radius 2 is 1.76 bits per heavy atom. The molecule has 250 valence electrons. The maximum absolute atomic E-state index is 14.4. The number of phenols is 1. The minimum absolute atomic E-state index is 0.110. The number of anilines is 1. The van der Waals surface area contributed by atoms with Crippen molar-refractivity contribution in [2.45, 2.75) is 35.4 Å². The van der Waals surface area contributed by atoms with Crippen LogP contribution in [0.15, 0.2) is 82.8 Å². The smallest absolute Gasteiger partial charge is 0.254 e. The highest BCUT2D eigenvalue weighted by molar-refractivity contribution is 9.09. The highest BCUT2D eigenvalue weighted by Crippen LogP contribution is 2.65. The Morgan fingerprint density at radius 1 is 1.00 bits per heavy atom. The minimum atomic E-state index is -1.96. The van der Waals surface area contributed by atoms with Gasteiger partial charge in [-0.15, -0.1) is 23.2 Å². The van der Waals surface area contributed by atoms with Gasteiger partial charge in [0.05, 0.1) is 29.6 Å². The molecule has 2 aliphatic heterocycles. The van der Waals surface area contributed by atoms with Crippen LogP contribution in [-0.2, 0) is 19.2 Å². The Morgan fingerprint density at radius 3 is 2.47 bits per heavy atom. The number of phenolic OH excluding ortho intramolecular Hbond substituents is 1. The van der Waals surface area contributed by atoms with Crippen LogP contribution in [0.1, 0.15) is 31.2 Å². The summed E-state index contributed by atoms with van der Waals surface area (Å²) in [6.45, 7) is 2.03. The first-order valence-corrected chi connectivity index (χ1v) is 17.7. The molecule has 1 aromatic heterocycles. The van der Waals surface area contributed by atoms with Crippen LogP contribution in [-0.4, -0.2) is 60.4 Å². The van der Waals surface area contributed by atoms with Gasteiger partial charge in [0.2, 0.25) is 17.7 Å². The number of aromatic nitrogens is 1. The first-order valence-electron chi connectivity index (χ1n) is 15.8. The summed E-state index contributed by atoms with van der Waals surface area (Å²) in [6.07, 6.45) is 1.96. The molecule has 3 aromatic carbocycles. The van der Waals surface area contributed by atoms with Crippen LogP contribution in [0.2, 0.25) is 0 Å². The number of oxazole rings is 1. The van der Waals surface area contributed by atoms with Crippen molar-refractivity contribution in [3.63, 3.8) is 0 Å². The number of carbonyl (C=O) groups excluding carboxylic acids is 4. The summed E-state index contributed by atoms with van der Waals surface area (Å²) in [6, 6.07) is 18.9. The zero-order valence-electron chi connectivity index (χ0n) is 25.9. The van der Waals surface area contributed by atoms with Crippen LogP contribution in [0.25, 0.3) is 22.6 Å². The molecular formula is C36H28BrCl2N3O7. The van der Waals surface area contributed by atoms with E-state index in [0.717, 1.165) is 4.90 Å². The van der Waals surface area contributed by atoms with Gasteiger partial charge in [-0.25, -0.2) is 4.98 Å². The van der Waals surface area contributed by atoms with E-state index < -0.39 is 51.1 Å². The summed E-state index contributed by atoms with van der Waals surface area (Å²) in [5.41, 5.74) is 3.43. The van der Waals surface area contributed by atoms with Gasteiger partial charge in [-0.2, -0.15) is 0 Å². The Labute approximate surface area is 298 Å². The lowest BCUT2D eigenvalue weighted by atomic mass is 9.56. The number of benzene rings is 3. The van der Waals surface area contributed by atoms with Crippen molar-refractivity contribution in [1.29, 1.82) is 0 Å². The van der Waals surface area contributed by atoms with Crippen LogP contribution in [0, 0.1) is 17.8 Å². The molecule has 10 nitrogen and oxygen atoms in total. The first-order chi connectivity index (χ1) is 23.5. The number of hydrogen-bond acceptors (Lipinski definition) is 8. The number of halogens is 3. The Hall–Kier alpha value is -4.19. The first kappa shape index (κ1) is 32.0. The second-order valence-corrected chi connectivity index (χ2v) is 14.4. The predicted octanol–water partition coefficient (Wildman–Crippen LogP) is 6.51. The average Bonchev–Trinajstić information content (AvgIpc) is 3.69. The topological polar surface area (TPSA) is 130 Å². The zero-order valence-corrected chi connectivity index (χ0v) is 29.0. The lowest BCUT2D eigenvalue weighted by Gasteiger charge is -2.50. The van der Waals surface area contributed by atoms with E-state index in [9.17, 15) is 24.3 Å². The molecule has 0 radical (unpaired) electrons. The van der Waals surface area contributed by atoms with Gasteiger partial charge in [-0.1, -0.05) is 45.8 Å². The zero-order chi connectivity index (χ0) is 34.4. The van der Waals surface area contributed by atoms with Crippen molar-refractivity contribution in [3.05, 3.63) is 83.9 Å². The van der Waals surface area contributed by atoms with Crippen LogP contribution < -0.4 is 9.64 Å². The summed E-state index contributed by atoms with van der Waals surface area (Å²) in [5.74, 6) is -4.88. The summed E-state index contributed by atoms with van der Waals surface area (Å²) in [4.78, 5) is 59.1. The number of rotatable bonds is 6. The second kappa shape index (κ2) is 11.4. The van der Waals surface area contributed by atoms with Crippen molar-refractivity contribution >= 4 is 79.5 Å². The van der Waals surface area contributed by atoms with E-state index in [1.165, 1.54) is 11.0 Å². The van der Waals surface area contributed by atoms with Gasteiger partial charge in [0.15, 0.2) is 26.8 Å². The number of hydrogen-bond donors (Lipinski definition) is 1. The van der Waals surface area contributed by atoms with Gasteiger partial charge >= 0.3 is 0 Å². The Bertz CT molecular complexity index is 2090. The van der Waals surface area contributed by atoms with E-state index in [-0.39, 0.29) is 42.3 Å². The van der Waals surface area contributed by atoms with E-state index in [1.54, 1.807) is 43.3 Å². The SMILES string of the molecule is CCOc1cc([C@H]2C3=CC[C@@H]4C(=O)N(c5ccc(-c6nc7ccccc7o6)cc5)C(=O)[C@@H]4[C@@H]3C[C@@]3(Cl)C(=O)N(CBr)C(=O)[C@@]23Cl)ccc1O. The fourth-order valence-corrected chi connectivity index (χ4v) is 9.54. The maximum atomic E-state index is 14.4. The highest BCUT2D eigenvalue weighted by Gasteiger charge is 2.76. The maximum Gasteiger partial charge on any atom is 0.254 e. The molecule has 8 rings (SSSR count). The molecule has 1 N–H and O–H groups in total. The molecule has 0 spiro atoms. The Kier molecular flexibility index (Phi) is 7.47. The molecule has 0 bridgehead atoms. The molecule has 3 heterocycles. The summed E-state index contributed by atoms with van der Waals surface area (Å²) >= 11 is 17.9. The van der Waals surface area contributed by atoms with E-state index in [2.05, 4.69) is 20.9 Å². The number of aromatic hydroxyl groups is 1. The van der Waals surface area contributed by atoms with Crippen LogP contribution in [0.4, 0.5) is 5.69 Å². The van der Waals surface area contributed by atoms with Gasteiger partial charge in [0.1, 0.15) is 5.52 Å². The standard InChI is InChI=1S/C36H28BrCl2N3O7/c1-2-48-27-15-19(9-14-25(27)43)29-21-12-13-22-28(23(21)16-35(38)33(46)41(17-37)34(47)36(29,35)39)32(45)42(31(22)44)20-10-7-18(8-11-20)30-40-24-5-3-4-6-26(24)49-30/h3-12,14-15,22-23,28-29,43H,2,13,16-17H2,1H3/t22-,23+,28-,29-,35+,36-/m0/s1. The average molecular weight is 765 g/mol. The number of carbonyl (C=O) groups is 4. The van der Waals surface area contributed by atoms with Gasteiger partial charge < -0.3 is 14.3 Å². The number of para-hydroxylation sites is 2. The number of alkyl halides is 3. The molecule has 2 aliphatic carbocycles. The van der Waals surface area contributed by atoms with Crippen molar-refractivity contribution in [1.82, 2.24) is 9.88 Å². The highest BCUT2D eigenvalue weighted by atomic mass is 79.9. The third-order valence-corrected chi connectivity index (χ3v) is 12.2. The van der Waals surface area contributed by atoms with Crippen molar-refractivity contribution in [3.8, 4) is 23.0 Å². The molecule has 1 saturated carbocycles. The van der Waals surface area contributed by atoms with Crippen LogP contribution in [0.3, 0.4) is 0 Å². The van der Waals surface area contributed by atoms with E-state index in [0.29, 0.717) is 39.4 Å². The number of likely N-dealkylation sites (tertiary alicyclic amines) is 1. The lowest BCUT2D eigenvalue weighted by molar-refractivity contribution is -0.138. The summed E-state index contributed by atoms with van der Waals surface area (Å²) in [5, 5.41) is 10.5. The van der Waals surface area contributed by atoms with Gasteiger partial charge in [-0.3, -0.25) is 29.0 Å². The third kappa shape index (κ3) is 4.41.